The number of carbonyl (C=O) groups excluding carboxylic acids is 1. The number of benzene rings is 2. The van der Waals surface area contributed by atoms with Gasteiger partial charge >= 0.3 is 0 Å². The molecule has 0 unspecified atom stereocenters. The first-order chi connectivity index (χ1) is 12.0. The lowest BCUT2D eigenvalue weighted by Crippen LogP contribution is -2.37. The number of rotatable bonds is 3. The van der Waals surface area contributed by atoms with Gasteiger partial charge in [-0.3, -0.25) is 4.79 Å². The summed E-state index contributed by atoms with van der Waals surface area (Å²) in [4.78, 5) is 14.6. The van der Waals surface area contributed by atoms with Gasteiger partial charge in [0.05, 0.1) is 4.90 Å². The average molecular weight is 358 g/mol. The number of carbonyl (C=O) groups is 1. The zero-order valence-electron chi connectivity index (χ0n) is 14.3. The van der Waals surface area contributed by atoms with Gasteiger partial charge in [0.15, 0.2) is 0 Å². The van der Waals surface area contributed by atoms with Crippen LogP contribution in [0.15, 0.2) is 59.5 Å². The summed E-state index contributed by atoms with van der Waals surface area (Å²) in [5.74, 6) is -0.0459. The first-order valence-electron chi connectivity index (χ1n) is 8.39. The first-order valence-corrected chi connectivity index (χ1v) is 9.83. The van der Waals surface area contributed by atoms with E-state index in [-0.39, 0.29) is 5.91 Å². The molecule has 2 aromatic carbocycles. The molecule has 1 amide bonds. The van der Waals surface area contributed by atoms with Gasteiger partial charge in [-0.1, -0.05) is 30.3 Å². The van der Waals surface area contributed by atoms with Gasteiger partial charge in [0.2, 0.25) is 10.0 Å². The Morgan fingerprint density at radius 3 is 2.40 bits per heavy atom. The van der Waals surface area contributed by atoms with Crippen molar-refractivity contribution in [2.45, 2.75) is 18.2 Å². The molecular formula is C19H22N2O3S. The van der Waals surface area contributed by atoms with Crippen LogP contribution in [0.2, 0.25) is 0 Å². The quantitative estimate of drug-likeness (QED) is 0.847. The van der Waals surface area contributed by atoms with Crippen LogP contribution >= 0.6 is 0 Å². The number of sulfonamides is 1. The third kappa shape index (κ3) is 3.91. The SMILES string of the molecule is Cc1cccc(S(=O)(=O)N2CCCN(C(=O)c3ccccc3)CC2)c1. The molecule has 0 bridgehead atoms. The normalized spacial score (nSPS) is 16.4. The second-order valence-corrected chi connectivity index (χ2v) is 8.17. The minimum atomic E-state index is -3.53. The molecule has 3 rings (SSSR count). The lowest BCUT2D eigenvalue weighted by atomic mass is 10.2. The van der Waals surface area contributed by atoms with Crippen LogP contribution < -0.4 is 0 Å². The molecule has 0 saturated carbocycles. The summed E-state index contributed by atoms with van der Waals surface area (Å²) < 4.78 is 27.2. The molecule has 0 aliphatic carbocycles. The van der Waals surface area contributed by atoms with E-state index < -0.39 is 10.0 Å². The van der Waals surface area contributed by atoms with Crippen LogP contribution in [0.1, 0.15) is 22.3 Å². The highest BCUT2D eigenvalue weighted by Gasteiger charge is 2.28. The van der Waals surface area contributed by atoms with Crippen LogP contribution in [0, 0.1) is 6.92 Å². The number of hydrogen-bond donors (Lipinski definition) is 0. The highest BCUT2D eigenvalue weighted by atomic mass is 32.2. The van der Waals surface area contributed by atoms with Crippen molar-refractivity contribution in [3.05, 3.63) is 65.7 Å². The van der Waals surface area contributed by atoms with Gasteiger partial charge in [0.25, 0.3) is 5.91 Å². The summed E-state index contributed by atoms with van der Waals surface area (Å²) >= 11 is 0. The summed E-state index contributed by atoms with van der Waals surface area (Å²) in [6.45, 7) is 3.58. The smallest absolute Gasteiger partial charge is 0.253 e. The van der Waals surface area contributed by atoms with Crippen LogP contribution in [-0.4, -0.2) is 49.7 Å². The minimum Gasteiger partial charge on any atom is -0.337 e. The Kier molecular flexibility index (Phi) is 5.20. The van der Waals surface area contributed by atoms with E-state index in [1.165, 1.54) is 4.31 Å². The van der Waals surface area contributed by atoms with Crippen LogP contribution in [0.5, 0.6) is 0 Å². The molecule has 1 aliphatic rings. The second kappa shape index (κ2) is 7.37. The maximum Gasteiger partial charge on any atom is 0.253 e. The van der Waals surface area contributed by atoms with Crippen molar-refractivity contribution in [1.82, 2.24) is 9.21 Å². The summed E-state index contributed by atoms with van der Waals surface area (Å²) in [5, 5.41) is 0. The Morgan fingerprint density at radius 2 is 1.68 bits per heavy atom. The molecule has 0 spiro atoms. The van der Waals surface area contributed by atoms with Crippen LogP contribution in [0.25, 0.3) is 0 Å². The Balaban J connectivity index is 1.74. The van der Waals surface area contributed by atoms with Crippen LogP contribution in [0.3, 0.4) is 0 Å². The highest BCUT2D eigenvalue weighted by Crippen LogP contribution is 2.19. The van der Waals surface area contributed by atoms with Gasteiger partial charge in [0, 0.05) is 31.7 Å². The summed E-state index contributed by atoms with van der Waals surface area (Å²) in [6.07, 6.45) is 0.629. The largest absolute Gasteiger partial charge is 0.337 e. The molecule has 6 heteroatoms. The maximum atomic E-state index is 12.9. The molecule has 5 nitrogen and oxygen atoms in total. The Bertz CT molecular complexity index is 850. The number of hydrogen-bond acceptors (Lipinski definition) is 3. The molecular weight excluding hydrogens is 336 g/mol. The molecule has 1 aliphatic heterocycles. The molecule has 132 valence electrons. The minimum absolute atomic E-state index is 0.0459. The third-order valence-electron chi connectivity index (χ3n) is 4.39. The number of nitrogens with zero attached hydrogens (tertiary/aromatic N) is 2. The van der Waals surface area contributed by atoms with E-state index in [0.29, 0.717) is 43.1 Å². The number of aryl methyl sites for hydroxylation is 1. The fourth-order valence-electron chi connectivity index (χ4n) is 3.03. The predicted molar refractivity (Wildman–Crippen MR) is 96.9 cm³/mol. The summed E-state index contributed by atoms with van der Waals surface area (Å²) in [7, 11) is -3.53. The Morgan fingerprint density at radius 1 is 0.920 bits per heavy atom. The zero-order valence-corrected chi connectivity index (χ0v) is 15.1. The Labute approximate surface area is 148 Å². The monoisotopic (exact) mass is 358 g/mol. The van der Waals surface area contributed by atoms with Gasteiger partial charge < -0.3 is 4.90 Å². The van der Waals surface area contributed by atoms with Crippen molar-refractivity contribution in [2.75, 3.05) is 26.2 Å². The molecule has 0 N–H and O–H groups in total. The fraction of sp³-hybridized carbons (Fsp3) is 0.316. The molecule has 1 saturated heterocycles. The van der Waals surface area contributed by atoms with Crippen molar-refractivity contribution in [3.63, 3.8) is 0 Å². The van der Waals surface area contributed by atoms with Gasteiger partial charge in [-0.2, -0.15) is 4.31 Å². The van der Waals surface area contributed by atoms with E-state index in [1.54, 1.807) is 35.2 Å². The van der Waals surface area contributed by atoms with Gasteiger partial charge in [-0.05, 0) is 43.2 Å². The average Bonchev–Trinajstić information content (AvgIpc) is 2.88. The molecule has 25 heavy (non-hydrogen) atoms. The van der Waals surface area contributed by atoms with Gasteiger partial charge in [-0.15, -0.1) is 0 Å². The topological polar surface area (TPSA) is 57.7 Å². The molecule has 1 fully saturated rings. The van der Waals surface area contributed by atoms with Crippen molar-refractivity contribution in [3.8, 4) is 0 Å². The van der Waals surface area contributed by atoms with E-state index in [0.717, 1.165) is 5.56 Å². The van der Waals surface area contributed by atoms with Crippen LogP contribution in [-0.2, 0) is 10.0 Å². The van der Waals surface area contributed by atoms with Crippen molar-refractivity contribution in [2.24, 2.45) is 0 Å². The van der Waals surface area contributed by atoms with E-state index in [2.05, 4.69) is 0 Å². The standard InChI is InChI=1S/C19H22N2O3S/c1-16-7-5-10-18(15-16)25(23,24)21-12-6-11-20(13-14-21)19(22)17-8-3-2-4-9-17/h2-5,7-10,15H,6,11-14H2,1H3. The zero-order chi connectivity index (χ0) is 17.9. The lowest BCUT2D eigenvalue weighted by molar-refractivity contribution is 0.0764. The number of amides is 1. The maximum absolute atomic E-state index is 12.9. The summed E-state index contributed by atoms with van der Waals surface area (Å²) in [5.41, 5.74) is 1.55. The predicted octanol–water partition coefficient (Wildman–Crippen LogP) is 2.53. The third-order valence-corrected chi connectivity index (χ3v) is 6.28. The van der Waals surface area contributed by atoms with E-state index in [1.807, 2.05) is 31.2 Å². The fourth-order valence-corrected chi connectivity index (χ4v) is 4.60. The molecule has 2 aromatic rings. The lowest BCUT2D eigenvalue weighted by Gasteiger charge is -2.22. The Hall–Kier alpha value is -2.18. The van der Waals surface area contributed by atoms with Crippen LogP contribution in [0.4, 0.5) is 0 Å². The second-order valence-electron chi connectivity index (χ2n) is 6.23. The van der Waals surface area contributed by atoms with Crippen molar-refractivity contribution >= 4 is 15.9 Å². The van der Waals surface area contributed by atoms with Crippen molar-refractivity contribution < 1.29 is 13.2 Å². The molecule has 1 heterocycles. The highest BCUT2D eigenvalue weighted by molar-refractivity contribution is 7.89. The van der Waals surface area contributed by atoms with E-state index in [4.69, 9.17) is 0 Å². The summed E-state index contributed by atoms with van der Waals surface area (Å²) in [6, 6.07) is 16.1. The molecule has 0 atom stereocenters. The van der Waals surface area contributed by atoms with Gasteiger partial charge in [-0.25, -0.2) is 8.42 Å². The van der Waals surface area contributed by atoms with E-state index >= 15 is 0 Å². The van der Waals surface area contributed by atoms with Gasteiger partial charge in [0.1, 0.15) is 0 Å². The molecule has 0 aromatic heterocycles. The van der Waals surface area contributed by atoms with E-state index in [9.17, 15) is 13.2 Å². The molecule has 0 radical (unpaired) electrons. The first kappa shape index (κ1) is 17.6. The van der Waals surface area contributed by atoms with Crippen molar-refractivity contribution in [1.29, 1.82) is 0 Å².